The highest BCUT2D eigenvalue weighted by Gasteiger charge is 2.53. The van der Waals surface area contributed by atoms with Crippen molar-refractivity contribution in [1.82, 2.24) is 4.98 Å². The van der Waals surface area contributed by atoms with E-state index in [1.807, 2.05) is 6.07 Å². The number of H-pyrrole nitrogens is 1. The zero-order chi connectivity index (χ0) is 13.0. The number of carbonyl (C=O) groups is 1. The Hall–Kier alpha value is -1.77. The summed E-state index contributed by atoms with van der Waals surface area (Å²) in [7, 11) is 0. The van der Waals surface area contributed by atoms with E-state index in [1.165, 1.54) is 23.1 Å². The molecule has 3 heteroatoms. The van der Waals surface area contributed by atoms with Gasteiger partial charge in [0.25, 0.3) is 0 Å². The number of aryl methyl sites for hydroxylation is 1. The van der Waals surface area contributed by atoms with E-state index in [0.29, 0.717) is 5.92 Å². The molecule has 1 heterocycles. The van der Waals surface area contributed by atoms with Crippen LogP contribution in [0.15, 0.2) is 24.3 Å². The van der Waals surface area contributed by atoms with E-state index in [0.717, 1.165) is 24.8 Å². The predicted molar refractivity (Wildman–Crippen MR) is 73.3 cm³/mol. The zero-order valence-corrected chi connectivity index (χ0v) is 10.8. The summed E-state index contributed by atoms with van der Waals surface area (Å²) >= 11 is 0. The van der Waals surface area contributed by atoms with Crippen LogP contribution >= 0.6 is 0 Å². The van der Waals surface area contributed by atoms with Gasteiger partial charge in [-0.15, -0.1) is 0 Å². The van der Waals surface area contributed by atoms with Crippen LogP contribution in [0.2, 0.25) is 0 Å². The Kier molecular flexibility index (Phi) is 2.12. The van der Waals surface area contributed by atoms with Crippen molar-refractivity contribution in [1.29, 1.82) is 0 Å². The molecule has 2 N–H and O–H groups in total. The molecule has 1 aromatic carbocycles. The first-order valence-corrected chi connectivity index (χ1v) is 7.02. The summed E-state index contributed by atoms with van der Waals surface area (Å²) in [6.07, 6.45) is 4.71. The minimum Gasteiger partial charge on any atom is -0.481 e. The van der Waals surface area contributed by atoms with Crippen molar-refractivity contribution in [2.24, 2.45) is 5.92 Å². The number of para-hydroxylation sites is 1. The maximum absolute atomic E-state index is 11.3. The van der Waals surface area contributed by atoms with Crippen LogP contribution in [0, 0.1) is 5.92 Å². The van der Waals surface area contributed by atoms with Gasteiger partial charge in [-0.2, -0.15) is 0 Å². The first-order chi connectivity index (χ1) is 9.21. The second-order valence-electron chi connectivity index (χ2n) is 6.03. The lowest BCUT2D eigenvalue weighted by atomic mass is 9.52. The predicted octanol–water partition coefficient (Wildman–Crippen LogP) is 3.24. The van der Waals surface area contributed by atoms with Crippen molar-refractivity contribution >= 4 is 16.9 Å². The van der Waals surface area contributed by atoms with E-state index in [4.69, 9.17) is 0 Å². The molecule has 0 bridgehead atoms. The zero-order valence-electron chi connectivity index (χ0n) is 10.8. The van der Waals surface area contributed by atoms with Crippen LogP contribution in [-0.4, -0.2) is 16.1 Å². The third-order valence-corrected chi connectivity index (χ3v) is 5.24. The van der Waals surface area contributed by atoms with Crippen molar-refractivity contribution in [3.05, 3.63) is 35.5 Å². The fourth-order valence-corrected chi connectivity index (χ4v) is 4.24. The SMILES string of the molecule is O=C(O)C[C@]12CC[C@H]1CCc1c2[nH]c2ccccc12. The number of carboxylic acids is 1. The number of hydrogen-bond donors (Lipinski definition) is 2. The number of fused-ring (bicyclic) bond motifs is 5. The largest absolute Gasteiger partial charge is 0.481 e. The maximum Gasteiger partial charge on any atom is 0.304 e. The molecule has 2 aromatic rings. The number of hydrogen-bond acceptors (Lipinski definition) is 1. The summed E-state index contributed by atoms with van der Waals surface area (Å²) in [5, 5.41) is 10.6. The molecule has 0 saturated heterocycles. The summed E-state index contributed by atoms with van der Waals surface area (Å²) in [4.78, 5) is 14.8. The van der Waals surface area contributed by atoms with Crippen LogP contribution in [0.3, 0.4) is 0 Å². The Morgan fingerprint density at radius 2 is 2.21 bits per heavy atom. The van der Waals surface area contributed by atoms with Gasteiger partial charge in [-0.1, -0.05) is 18.2 Å². The van der Waals surface area contributed by atoms with Crippen LogP contribution in [0.4, 0.5) is 0 Å². The Labute approximate surface area is 111 Å². The Morgan fingerprint density at radius 3 is 2.95 bits per heavy atom. The highest BCUT2D eigenvalue weighted by atomic mass is 16.4. The lowest BCUT2D eigenvalue weighted by Crippen LogP contribution is -2.49. The van der Waals surface area contributed by atoms with Gasteiger partial charge in [0, 0.05) is 22.0 Å². The maximum atomic E-state index is 11.3. The summed E-state index contributed by atoms with van der Waals surface area (Å²) in [6.45, 7) is 0. The molecule has 0 aliphatic heterocycles. The van der Waals surface area contributed by atoms with Gasteiger partial charge in [0.05, 0.1) is 6.42 Å². The molecule has 98 valence electrons. The number of aliphatic carboxylic acids is 1. The molecule has 1 saturated carbocycles. The normalized spacial score (nSPS) is 28.5. The van der Waals surface area contributed by atoms with E-state index in [9.17, 15) is 9.90 Å². The summed E-state index contributed by atoms with van der Waals surface area (Å²) in [6, 6.07) is 8.34. The second kappa shape index (κ2) is 3.62. The molecule has 4 rings (SSSR count). The summed E-state index contributed by atoms with van der Waals surface area (Å²) < 4.78 is 0. The Bertz CT molecular complexity index is 672. The summed E-state index contributed by atoms with van der Waals surface area (Å²) in [5.74, 6) is -0.111. The van der Waals surface area contributed by atoms with Crippen molar-refractivity contribution in [3.8, 4) is 0 Å². The molecule has 0 radical (unpaired) electrons. The van der Waals surface area contributed by atoms with Crippen LogP contribution in [0.1, 0.15) is 36.9 Å². The van der Waals surface area contributed by atoms with Crippen molar-refractivity contribution in [3.63, 3.8) is 0 Å². The molecule has 0 amide bonds. The molecule has 1 fully saturated rings. The average Bonchev–Trinajstić information content (AvgIpc) is 2.73. The van der Waals surface area contributed by atoms with Crippen molar-refractivity contribution < 1.29 is 9.90 Å². The van der Waals surface area contributed by atoms with Gasteiger partial charge in [0.2, 0.25) is 0 Å². The van der Waals surface area contributed by atoms with Gasteiger partial charge in [0.1, 0.15) is 0 Å². The number of nitrogens with one attached hydrogen (secondary N) is 1. The molecule has 2 aliphatic carbocycles. The molecule has 1 aromatic heterocycles. The topological polar surface area (TPSA) is 53.1 Å². The molecule has 3 nitrogen and oxygen atoms in total. The van der Waals surface area contributed by atoms with Crippen molar-refractivity contribution in [2.45, 2.75) is 37.5 Å². The van der Waals surface area contributed by atoms with Crippen LogP contribution in [0.25, 0.3) is 10.9 Å². The van der Waals surface area contributed by atoms with Gasteiger partial charge in [-0.25, -0.2) is 0 Å². The second-order valence-corrected chi connectivity index (χ2v) is 6.03. The van der Waals surface area contributed by atoms with E-state index in [1.54, 1.807) is 0 Å². The van der Waals surface area contributed by atoms with E-state index < -0.39 is 5.97 Å². The standard InChI is InChI=1S/C16H17NO2/c18-14(19)9-16-8-7-10(16)5-6-12-11-3-1-2-4-13(11)17-15(12)16/h1-4,10,17H,5-9H2,(H,18,19)/t10-,16-/m1/s1. The Balaban J connectivity index is 1.93. The molecule has 19 heavy (non-hydrogen) atoms. The number of benzene rings is 1. The van der Waals surface area contributed by atoms with Gasteiger partial charge in [-0.05, 0) is 43.2 Å². The summed E-state index contributed by atoms with van der Waals surface area (Å²) in [5.41, 5.74) is 3.63. The minimum atomic E-state index is -0.670. The van der Waals surface area contributed by atoms with Gasteiger partial charge >= 0.3 is 5.97 Å². The van der Waals surface area contributed by atoms with Crippen LogP contribution in [0.5, 0.6) is 0 Å². The van der Waals surface area contributed by atoms with Crippen LogP contribution in [-0.2, 0) is 16.6 Å². The molecular formula is C16H17NO2. The molecule has 2 atom stereocenters. The van der Waals surface area contributed by atoms with Crippen molar-refractivity contribution in [2.75, 3.05) is 0 Å². The first-order valence-electron chi connectivity index (χ1n) is 7.02. The van der Waals surface area contributed by atoms with E-state index in [-0.39, 0.29) is 11.8 Å². The third kappa shape index (κ3) is 1.36. The quantitative estimate of drug-likeness (QED) is 0.865. The fourth-order valence-electron chi connectivity index (χ4n) is 4.24. The number of carboxylic acid groups (broad SMARTS) is 1. The first kappa shape index (κ1) is 11.1. The number of aromatic amines is 1. The molecule has 2 aliphatic rings. The monoisotopic (exact) mass is 255 g/mol. The Morgan fingerprint density at radius 1 is 1.37 bits per heavy atom. The lowest BCUT2D eigenvalue weighted by Gasteiger charge is -2.52. The van der Waals surface area contributed by atoms with Gasteiger partial charge in [-0.3, -0.25) is 4.79 Å². The highest BCUT2D eigenvalue weighted by molar-refractivity contribution is 5.86. The third-order valence-electron chi connectivity index (χ3n) is 5.24. The highest BCUT2D eigenvalue weighted by Crippen LogP contribution is 2.57. The van der Waals surface area contributed by atoms with E-state index in [2.05, 4.69) is 23.2 Å². The molecule has 0 unspecified atom stereocenters. The lowest BCUT2D eigenvalue weighted by molar-refractivity contribution is -0.141. The van der Waals surface area contributed by atoms with Gasteiger partial charge in [0.15, 0.2) is 0 Å². The van der Waals surface area contributed by atoms with E-state index >= 15 is 0 Å². The molecular weight excluding hydrogens is 238 g/mol. The number of rotatable bonds is 2. The minimum absolute atomic E-state index is 0.113. The fraction of sp³-hybridized carbons (Fsp3) is 0.438. The average molecular weight is 255 g/mol. The molecule has 0 spiro atoms. The number of aromatic nitrogens is 1. The van der Waals surface area contributed by atoms with Gasteiger partial charge < -0.3 is 10.1 Å². The van der Waals surface area contributed by atoms with Crippen LogP contribution < -0.4 is 0 Å². The smallest absolute Gasteiger partial charge is 0.304 e.